The Kier molecular flexibility index (Phi) is 6.21. The molecule has 0 amide bonds. The van der Waals surface area contributed by atoms with Gasteiger partial charge in [-0.05, 0) is 27.2 Å². The lowest BCUT2D eigenvalue weighted by molar-refractivity contribution is -0.120. The van der Waals surface area contributed by atoms with Gasteiger partial charge in [0.05, 0.1) is 17.9 Å². The van der Waals surface area contributed by atoms with Crippen LogP contribution in [-0.4, -0.2) is 47.2 Å². The third-order valence-electron chi connectivity index (χ3n) is 2.68. The van der Waals surface area contributed by atoms with Gasteiger partial charge in [-0.1, -0.05) is 6.58 Å². The van der Waals surface area contributed by atoms with Crippen LogP contribution in [0.3, 0.4) is 0 Å². The average molecular weight is 287 g/mol. The van der Waals surface area contributed by atoms with Crippen LogP contribution in [0, 0.1) is 0 Å². The van der Waals surface area contributed by atoms with E-state index in [0.717, 1.165) is 18.7 Å². The topological polar surface area (TPSA) is 55.8 Å². The summed E-state index contributed by atoms with van der Waals surface area (Å²) in [6.45, 7) is 10.4. The highest BCUT2D eigenvalue weighted by atomic mass is 32.2. The molecule has 0 aromatic carbocycles. The van der Waals surface area contributed by atoms with E-state index in [1.165, 1.54) is 11.8 Å². The maximum Gasteiger partial charge on any atom is 0.509 e. The molecule has 0 aliphatic carbocycles. The summed E-state index contributed by atoms with van der Waals surface area (Å²) < 4.78 is 9.73. The largest absolute Gasteiger partial charge is 0.509 e. The molecule has 1 rings (SSSR count). The molecule has 0 aromatic rings. The molecular weight excluding hydrogens is 266 g/mol. The number of hydrogen-bond donors (Lipinski definition) is 0. The number of carbonyl (C=O) groups excluding carboxylic acids is 2. The molecule has 5 nitrogen and oxygen atoms in total. The molecule has 1 aliphatic rings. The van der Waals surface area contributed by atoms with Crippen molar-refractivity contribution < 1.29 is 19.1 Å². The van der Waals surface area contributed by atoms with Crippen molar-refractivity contribution in [2.75, 3.05) is 19.0 Å². The molecule has 0 aromatic heterocycles. The quantitative estimate of drug-likeness (QED) is 0.572. The molecular formula is C13H21NO4S. The summed E-state index contributed by atoms with van der Waals surface area (Å²) in [5.41, 5.74) is 0.911. The van der Waals surface area contributed by atoms with Gasteiger partial charge in [0.25, 0.3) is 0 Å². The van der Waals surface area contributed by atoms with Crippen molar-refractivity contribution >= 4 is 23.7 Å². The fraction of sp³-hybridized carbons (Fsp3) is 0.692. The van der Waals surface area contributed by atoms with Crippen LogP contribution in [0.25, 0.3) is 0 Å². The number of thioether (sulfide) groups is 1. The van der Waals surface area contributed by atoms with Gasteiger partial charge in [-0.25, -0.2) is 4.79 Å². The SMILES string of the molecule is C=C(C)N1CCC(SCOC(=O)OC(C)C)C(=O)C1. The minimum absolute atomic E-state index is 0.109. The number of carbonyl (C=O) groups is 2. The van der Waals surface area contributed by atoms with Gasteiger partial charge in [-0.15, -0.1) is 11.8 Å². The zero-order valence-electron chi connectivity index (χ0n) is 11.7. The van der Waals surface area contributed by atoms with Crippen LogP contribution in [-0.2, 0) is 14.3 Å². The second-order valence-electron chi connectivity index (χ2n) is 4.75. The number of rotatable bonds is 5. The fourth-order valence-electron chi connectivity index (χ4n) is 1.70. The second kappa shape index (κ2) is 7.43. The lowest BCUT2D eigenvalue weighted by Crippen LogP contribution is -2.41. The minimum atomic E-state index is -0.686. The zero-order valence-corrected chi connectivity index (χ0v) is 12.5. The molecule has 1 unspecified atom stereocenters. The Balaban J connectivity index is 2.26. The molecule has 1 heterocycles. The first-order valence-electron chi connectivity index (χ1n) is 6.28. The number of piperidine rings is 1. The van der Waals surface area contributed by atoms with Gasteiger partial charge in [-0.2, -0.15) is 0 Å². The Morgan fingerprint density at radius 3 is 2.79 bits per heavy atom. The summed E-state index contributed by atoms with van der Waals surface area (Å²) >= 11 is 1.35. The molecule has 1 atom stereocenters. The first-order valence-corrected chi connectivity index (χ1v) is 7.33. The molecule has 19 heavy (non-hydrogen) atoms. The molecule has 0 radical (unpaired) electrons. The van der Waals surface area contributed by atoms with Crippen LogP contribution in [0.15, 0.2) is 12.3 Å². The number of nitrogens with zero attached hydrogens (tertiary/aromatic N) is 1. The van der Waals surface area contributed by atoms with E-state index in [4.69, 9.17) is 9.47 Å². The van der Waals surface area contributed by atoms with E-state index in [9.17, 15) is 9.59 Å². The van der Waals surface area contributed by atoms with Crippen molar-refractivity contribution in [2.45, 2.75) is 38.5 Å². The van der Waals surface area contributed by atoms with Crippen LogP contribution in [0.5, 0.6) is 0 Å². The number of allylic oxidation sites excluding steroid dienone is 1. The Bertz CT molecular complexity index is 357. The van der Waals surface area contributed by atoms with Gasteiger partial charge < -0.3 is 14.4 Å². The number of hydrogen-bond acceptors (Lipinski definition) is 6. The average Bonchev–Trinajstić information content (AvgIpc) is 2.29. The van der Waals surface area contributed by atoms with Crippen LogP contribution in [0.2, 0.25) is 0 Å². The van der Waals surface area contributed by atoms with Gasteiger partial charge in [0.1, 0.15) is 5.94 Å². The first-order chi connectivity index (χ1) is 8.90. The van der Waals surface area contributed by atoms with E-state index in [1.807, 2.05) is 11.8 Å². The molecule has 0 saturated carbocycles. The van der Waals surface area contributed by atoms with Crippen molar-refractivity contribution in [3.8, 4) is 0 Å². The Labute approximate surface area is 118 Å². The predicted octanol–water partition coefficient (Wildman–Crippen LogP) is 2.42. The van der Waals surface area contributed by atoms with E-state index >= 15 is 0 Å². The molecule has 108 valence electrons. The third kappa shape index (κ3) is 5.55. The van der Waals surface area contributed by atoms with E-state index in [1.54, 1.807) is 13.8 Å². The normalized spacial score (nSPS) is 19.5. The molecule has 1 saturated heterocycles. The van der Waals surface area contributed by atoms with Gasteiger partial charge in [0.2, 0.25) is 0 Å². The molecule has 1 aliphatic heterocycles. The number of ketones is 1. The van der Waals surface area contributed by atoms with Crippen molar-refractivity contribution in [1.82, 2.24) is 4.90 Å². The molecule has 1 fully saturated rings. The molecule has 0 N–H and O–H groups in total. The van der Waals surface area contributed by atoms with Crippen LogP contribution in [0.4, 0.5) is 4.79 Å². The van der Waals surface area contributed by atoms with Gasteiger partial charge in [-0.3, -0.25) is 4.79 Å². The Hall–Kier alpha value is -1.17. The monoisotopic (exact) mass is 287 g/mol. The Morgan fingerprint density at radius 1 is 1.58 bits per heavy atom. The fourth-order valence-corrected chi connectivity index (χ4v) is 2.56. The van der Waals surface area contributed by atoms with Crippen molar-refractivity contribution in [2.24, 2.45) is 0 Å². The van der Waals surface area contributed by atoms with Crippen molar-refractivity contribution in [3.05, 3.63) is 12.3 Å². The number of Topliss-reactive ketones (excluding diaryl/α,β-unsaturated/α-hetero) is 1. The predicted molar refractivity (Wildman–Crippen MR) is 75.0 cm³/mol. The summed E-state index contributed by atoms with van der Waals surface area (Å²) in [5, 5.41) is -0.109. The summed E-state index contributed by atoms with van der Waals surface area (Å²) in [4.78, 5) is 25.0. The molecule has 0 bridgehead atoms. The second-order valence-corrected chi connectivity index (χ2v) is 5.88. The standard InChI is InChI=1S/C13H21NO4S/c1-9(2)14-6-5-12(11(15)7-14)19-8-17-13(16)18-10(3)4/h10,12H,1,5-8H2,2-4H3. The highest BCUT2D eigenvalue weighted by Crippen LogP contribution is 2.22. The van der Waals surface area contributed by atoms with E-state index in [2.05, 4.69) is 6.58 Å². The highest BCUT2D eigenvalue weighted by molar-refractivity contribution is 8.00. The van der Waals surface area contributed by atoms with E-state index < -0.39 is 6.16 Å². The summed E-state index contributed by atoms with van der Waals surface area (Å²) in [6, 6.07) is 0. The first kappa shape index (κ1) is 15.9. The van der Waals surface area contributed by atoms with Gasteiger partial charge >= 0.3 is 6.16 Å². The van der Waals surface area contributed by atoms with Crippen molar-refractivity contribution in [1.29, 1.82) is 0 Å². The van der Waals surface area contributed by atoms with Crippen LogP contribution in [0.1, 0.15) is 27.2 Å². The van der Waals surface area contributed by atoms with Gasteiger partial charge in [0.15, 0.2) is 5.78 Å². The van der Waals surface area contributed by atoms with Crippen molar-refractivity contribution in [3.63, 3.8) is 0 Å². The Morgan fingerprint density at radius 2 is 2.26 bits per heavy atom. The summed E-state index contributed by atoms with van der Waals surface area (Å²) in [5.74, 6) is 0.301. The molecule has 0 spiro atoms. The number of likely N-dealkylation sites (tertiary alicyclic amines) is 1. The lowest BCUT2D eigenvalue weighted by atomic mass is 10.1. The van der Waals surface area contributed by atoms with Crippen LogP contribution < -0.4 is 0 Å². The third-order valence-corrected chi connectivity index (χ3v) is 3.84. The maximum absolute atomic E-state index is 11.9. The number of ether oxygens (including phenoxy) is 2. The lowest BCUT2D eigenvalue weighted by Gasteiger charge is -2.32. The van der Waals surface area contributed by atoms with Gasteiger partial charge in [0, 0.05) is 12.2 Å². The van der Waals surface area contributed by atoms with E-state index in [0.29, 0.717) is 6.54 Å². The smallest absolute Gasteiger partial charge is 0.432 e. The maximum atomic E-state index is 11.9. The molecule has 6 heteroatoms. The van der Waals surface area contributed by atoms with E-state index in [-0.39, 0.29) is 23.1 Å². The van der Waals surface area contributed by atoms with Crippen LogP contribution >= 0.6 is 11.8 Å². The summed E-state index contributed by atoms with van der Waals surface area (Å²) in [6.07, 6.45) is -0.133. The zero-order chi connectivity index (χ0) is 14.4. The minimum Gasteiger partial charge on any atom is -0.432 e. The highest BCUT2D eigenvalue weighted by Gasteiger charge is 2.27. The summed E-state index contributed by atoms with van der Waals surface area (Å²) in [7, 11) is 0.